The Morgan fingerprint density at radius 3 is 2.12 bits per heavy atom. The highest BCUT2D eigenvalue weighted by atomic mass is 19.3. The van der Waals surface area contributed by atoms with Crippen LogP contribution in [-0.4, -0.2) is 25.3 Å². The number of ketones is 2. The van der Waals surface area contributed by atoms with Crippen LogP contribution >= 0.6 is 0 Å². The van der Waals surface area contributed by atoms with E-state index in [1.54, 1.807) is 30.3 Å². The maximum absolute atomic E-state index is 12.7. The predicted molar refractivity (Wildman–Crippen MR) is 82.7 cm³/mol. The van der Waals surface area contributed by atoms with Crippen molar-refractivity contribution in [1.82, 2.24) is 0 Å². The van der Waals surface area contributed by atoms with E-state index in [1.807, 2.05) is 0 Å². The van der Waals surface area contributed by atoms with E-state index in [2.05, 4.69) is 4.74 Å². The van der Waals surface area contributed by atoms with Crippen LogP contribution < -0.4 is 9.47 Å². The number of para-hydroxylation sites is 1. The summed E-state index contributed by atoms with van der Waals surface area (Å²) >= 11 is 0. The highest BCUT2D eigenvalue weighted by Crippen LogP contribution is 2.36. The minimum absolute atomic E-state index is 0.0834. The van der Waals surface area contributed by atoms with E-state index in [-0.39, 0.29) is 22.6 Å². The fourth-order valence-corrected chi connectivity index (χ4v) is 2.58. The maximum Gasteiger partial charge on any atom is 0.387 e. The van der Waals surface area contributed by atoms with Crippen LogP contribution in [0.3, 0.4) is 0 Å². The van der Waals surface area contributed by atoms with Gasteiger partial charge in [-0.3, -0.25) is 9.59 Å². The summed E-state index contributed by atoms with van der Waals surface area (Å²) in [4.78, 5) is 24.8. The Morgan fingerprint density at radius 2 is 1.58 bits per heavy atom. The average molecular weight is 330 g/mol. The molecule has 0 heterocycles. The van der Waals surface area contributed by atoms with Crippen molar-refractivity contribution in [2.75, 3.05) is 7.11 Å². The summed E-state index contributed by atoms with van der Waals surface area (Å²) < 4.78 is 34.8. The summed E-state index contributed by atoms with van der Waals surface area (Å²) in [5.74, 6) is -1.03. The zero-order valence-corrected chi connectivity index (χ0v) is 12.6. The van der Waals surface area contributed by atoms with Gasteiger partial charge in [-0.05, 0) is 12.1 Å². The Kier molecular flexibility index (Phi) is 4.12. The lowest BCUT2D eigenvalue weighted by molar-refractivity contribution is -0.0513. The summed E-state index contributed by atoms with van der Waals surface area (Å²) in [5.41, 5.74) is 0.670. The molecule has 122 valence electrons. The summed E-state index contributed by atoms with van der Waals surface area (Å²) in [6.45, 7) is -3.06. The van der Waals surface area contributed by atoms with E-state index in [0.717, 1.165) is 0 Å². The zero-order valence-electron chi connectivity index (χ0n) is 12.6. The van der Waals surface area contributed by atoms with Crippen molar-refractivity contribution in [2.45, 2.75) is 6.61 Å². The number of carbonyl (C=O) groups excluding carboxylic acids is 2. The summed E-state index contributed by atoms with van der Waals surface area (Å²) in [7, 11) is 1.31. The molecule has 0 spiro atoms. The molecule has 1 aliphatic carbocycles. The molecular weight excluding hydrogens is 318 g/mol. The SMILES string of the molecule is COc1cccc(C=C2C(=O)c3ccccc3C2=O)c1OC(F)F. The molecule has 6 heteroatoms. The molecule has 0 bridgehead atoms. The molecule has 0 atom stereocenters. The third-order valence-electron chi connectivity index (χ3n) is 3.64. The molecule has 2 aromatic rings. The minimum atomic E-state index is -3.06. The first-order valence-corrected chi connectivity index (χ1v) is 7.05. The highest BCUT2D eigenvalue weighted by Gasteiger charge is 2.33. The van der Waals surface area contributed by atoms with Gasteiger partial charge in [-0.1, -0.05) is 36.4 Å². The van der Waals surface area contributed by atoms with Crippen molar-refractivity contribution in [2.24, 2.45) is 0 Å². The van der Waals surface area contributed by atoms with Crippen molar-refractivity contribution in [3.8, 4) is 11.5 Å². The number of allylic oxidation sites excluding steroid dienone is 1. The van der Waals surface area contributed by atoms with Crippen LogP contribution in [0.15, 0.2) is 48.0 Å². The van der Waals surface area contributed by atoms with Crippen LogP contribution in [-0.2, 0) is 0 Å². The number of methoxy groups -OCH3 is 1. The quantitative estimate of drug-likeness (QED) is 0.633. The fourth-order valence-electron chi connectivity index (χ4n) is 2.58. The second-order valence-corrected chi connectivity index (χ2v) is 5.02. The number of fused-ring (bicyclic) bond motifs is 1. The number of Topliss-reactive ketones (excluding diaryl/α,β-unsaturated/α-hetero) is 2. The Morgan fingerprint density at radius 1 is 0.958 bits per heavy atom. The molecule has 0 radical (unpaired) electrons. The first kappa shape index (κ1) is 15.9. The van der Waals surface area contributed by atoms with Crippen molar-refractivity contribution < 1.29 is 27.8 Å². The Hall–Kier alpha value is -3.02. The standard InChI is InChI=1S/C18H12F2O4/c1-23-14-8-4-5-10(17(14)24-18(19)20)9-13-15(21)11-6-2-3-7-12(11)16(13)22/h2-9,18H,1H3. The van der Waals surface area contributed by atoms with E-state index in [1.165, 1.54) is 25.3 Å². The van der Waals surface area contributed by atoms with Gasteiger partial charge in [-0.2, -0.15) is 8.78 Å². The lowest BCUT2D eigenvalue weighted by Gasteiger charge is -2.12. The van der Waals surface area contributed by atoms with E-state index < -0.39 is 18.2 Å². The van der Waals surface area contributed by atoms with Gasteiger partial charge in [0.05, 0.1) is 12.7 Å². The summed E-state index contributed by atoms with van der Waals surface area (Å²) in [6, 6.07) is 10.9. The van der Waals surface area contributed by atoms with Gasteiger partial charge in [0.15, 0.2) is 23.1 Å². The molecule has 0 amide bonds. The lowest BCUT2D eigenvalue weighted by Crippen LogP contribution is -2.06. The molecule has 0 aliphatic heterocycles. The smallest absolute Gasteiger partial charge is 0.387 e. The molecule has 24 heavy (non-hydrogen) atoms. The van der Waals surface area contributed by atoms with Crippen LogP contribution in [0.1, 0.15) is 26.3 Å². The highest BCUT2D eigenvalue weighted by molar-refractivity contribution is 6.41. The molecule has 0 saturated carbocycles. The second-order valence-electron chi connectivity index (χ2n) is 5.02. The van der Waals surface area contributed by atoms with Crippen LogP contribution in [0, 0.1) is 0 Å². The Bertz CT molecular complexity index is 819. The number of ether oxygens (including phenoxy) is 2. The monoisotopic (exact) mass is 330 g/mol. The van der Waals surface area contributed by atoms with Crippen molar-refractivity contribution in [3.63, 3.8) is 0 Å². The van der Waals surface area contributed by atoms with Crippen molar-refractivity contribution in [3.05, 3.63) is 64.7 Å². The van der Waals surface area contributed by atoms with E-state index in [9.17, 15) is 18.4 Å². The molecule has 0 unspecified atom stereocenters. The molecule has 2 aromatic carbocycles. The molecule has 0 aromatic heterocycles. The normalized spacial score (nSPS) is 13.2. The molecule has 0 saturated heterocycles. The minimum Gasteiger partial charge on any atom is -0.493 e. The van der Waals surface area contributed by atoms with Gasteiger partial charge in [0.2, 0.25) is 0 Å². The first-order chi connectivity index (χ1) is 11.5. The van der Waals surface area contributed by atoms with Crippen LogP contribution in [0.5, 0.6) is 11.5 Å². The van der Waals surface area contributed by atoms with Gasteiger partial charge >= 0.3 is 6.61 Å². The predicted octanol–water partition coefficient (Wildman–Crippen LogP) is 3.76. The van der Waals surface area contributed by atoms with Gasteiger partial charge in [-0.25, -0.2) is 0 Å². The molecular formula is C18H12F2O4. The second kappa shape index (κ2) is 6.23. The molecule has 3 rings (SSSR count). The van der Waals surface area contributed by atoms with Gasteiger partial charge in [-0.15, -0.1) is 0 Å². The van der Waals surface area contributed by atoms with Crippen LogP contribution in [0.2, 0.25) is 0 Å². The van der Waals surface area contributed by atoms with Gasteiger partial charge < -0.3 is 9.47 Å². The molecule has 1 aliphatic rings. The van der Waals surface area contributed by atoms with E-state index >= 15 is 0 Å². The fraction of sp³-hybridized carbons (Fsp3) is 0.111. The number of benzene rings is 2. The van der Waals surface area contributed by atoms with E-state index in [4.69, 9.17) is 4.74 Å². The zero-order chi connectivity index (χ0) is 17.3. The number of rotatable bonds is 4. The van der Waals surface area contributed by atoms with Crippen molar-refractivity contribution in [1.29, 1.82) is 0 Å². The Labute approximate surface area is 136 Å². The topological polar surface area (TPSA) is 52.6 Å². The number of halogens is 2. The maximum atomic E-state index is 12.7. The third-order valence-corrected chi connectivity index (χ3v) is 3.64. The molecule has 0 N–H and O–H groups in total. The van der Waals surface area contributed by atoms with Crippen molar-refractivity contribution >= 4 is 17.6 Å². The van der Waals surface area contributed by atoms with Crippen LogP contribution in [0.4, 0.5) is 8.78 Å². The third kappa shape index (κ3) is 2.67. The van der Waals surface area contributed by atoms with E-state index in [0.29, 0.717) is 11.1 Å². The number of hydrogen-bond donors (Lipinski definition) is 0. The number of hydrogen-bond acceptors (Lipinski definition) is 4. The number of carbonyl (C=O) groups is 2. The number of alkyl halides is 2. The van der Waals surface area contributed by atoms with Gasteiger partial charge in [0.1, 0.15) is 0 Å². The lowest BCUT2D eigenvalue weighted by atomic mass is 10.1. The van der Waals surface area contributed by atoms with Gasteiger partial charge in [0.25, 0.3) is 0 Å². The summed E-state index contributed by atoms with van der Waals surface area (Å²) in [5, 5.41) is 0. The Balaban J connectivity index is 2.10. The molecule has 4 nitrogen and oxygen atoms in total. The van der Waals surface area contributed by atoms with Gasteiger partial charge in [0, 0.05) is 16.7 Å². The average Bonchev–Trinajstić information content (AvgIpc) is 2.81. The first-order valence-electron chi connectivity index (χ1n) is 7.05. The van der Waals surface area contributed by atoms with Crippen LogP contribution in [0.25, 0.3) is 6.08 Å². The largest absolute Gasteiger partial charge is 0.493 e. The summed E-state index contributed by atoms with van der Waals surface area (Å²) in [6.07, 6.45) is 1.25. The molecule has 0 fully saturated rings.